The monoisotopic (exact) mass is 267 g/mol. The van der Waals surface area contributed by atoms with Gasteiger partial charge in [-0.1, -0.05) is 12.1 Å². The summed E-state index contributed by atoms with van der Waals surface area (Å²) in [7, 11) is 0. The van der Waals surface area contributed by atoms with E-state index in [1.807, 2.05) is 24.3 Å². The summed E-state index contributed by atoms with van der Waals surface area (Å²) in [5, 5.41) is 15.9. The molecule has 0 spiro atoms. The van der Waals surface area contributed by atoms with Gasteiger partial charge in [-0.2, -0.15) is 5.10 Å². The van der Waals surface area contributed by atoms with E-state index in [1.165, 1.54) is 0 Å². The zero-order valence-electron chi connectivity index (χ0n) is 7.87. The molecule has 0 aliphatic heterocycles. The highest BCUT2D eigenvalue weighted by atomic mass is 79.9. The van der Waals surface area contributed by atoms with Gasteiger partial charge in [-0.05, 0) is 28.1 Å². The number of rotatable bonds is 2. The second-order valence-corrected chi connectivity index (χ2v) is 3.94. The maximum atomic E-state index is 9.01. The molecule has 1 aromatic heterocycles. The van der Waals surface area contributed by atoms with Crippen LogP contribution in [0.3, 0.4) is 0 Å². The molecule has 1 heterocycles. The first kappa shape index (κ1) is 10.2. The van der Waals surface area contributed by atoms with Crippen molar-refractivity contribution in [2.75, 3.05) is 5.73 Å². The Kier molecular flexibility index (Phi) is 2.75. The molecule has 2 aromatic rings. The van der Waals surface area contributed by atoms with Crippen molar-refractivity contribution in [3.63, 3.8) is 0 Å². The zero-order chi connectivity index (χ0) is 10.8. The van der Waals surface area contributed by atoms with Crippen molar-refractivity contribution in [1.82, 2.24) is 10.2 Å². The van der Waals surface area contributed by atoms with Gasteiger partial charge in [0.15, 0.2) is 0 Å². The fourth-order valence-corrected chi connectivity index (χ4v) is 1.88. The number of benzene rings is 1. The molecule has 4 nitrogen and oxygen atoms in total. The molecule has 4 N–H and O–H groups in total. The van der Waals surface area contributed by atoms with E-state index in [-0.39, 0.29) is 6.61 Å². The van der Waals surface area contributed by atoms with Crippen LogP contribution < -0.4 is 5.73 Å². The molecule has 0 atom stereocenters. The number of nitrogens with one attached hydrogen (secondary N) is 1. The highest BCUT2D eigenvalue weighted by Crippen LogP contribution is 2.29. The summed E-state index contributed by atoms with van der Waals surface area (Å²) in [5.41, 5.74) is 8.70. The second kappa shape index (κ2) is 4.04. The van der Waals surface area contributed by atoms with E-state index < -0.39 is 0 Å². The molecule has 78 valence electrons. The van der Waals surface area contributed by atoms with Crippen LogP contribution in [0, 0.1) is 0 Å². The highest BCUT2D eigenvalue weighted by Gasteiger charge is 2.11. The summed E-state index contributed by atoms with van der Waals surface area (Å²) >= 11 is 3.38. The number of aromatic amines is 1. The van der Waals surface area contributed by atoms with Gasteiger partial charge < -0.3 is 10.8 Å². The highest BCUT2D eigenvalue weighted by molar-refractivity contribution is 9.10. The Morgan fingerprint density at radius 1 is 1.47 bits per heavy atom. The van der Waals surface area contributed by atoms with Crippen LogP contribution in [-0.4, -0.2) is 15.3 Å². The van der Waals surface area contributed by atoms with Crippen LogP contribution in [-0.2, 0) is 6.61 Å². The number of halogens is 1. The van der Waals surface area contributed by atoms with E-state index in [9.17, 15) is 0 Å². The molecule has 2 rings (SSSR count). The Balaban J connectivity index is 2.49. The lowest BCUT2D eigenvalue weighted by molar-refractivity contribution is 0.276. The van der Waals surface area contributed by atoms with Crippen molar-refractivity contribution in [1.29, 1.82) is 0 Å². The maximum Gasteiger partial charge on any atom is 0.107 e. The minimum absolute atomic E-state index is 0.0735. The summed E-state index contributed by atoms with van der Waals surface area (Å²) in [6.07, 6.45) is 0. The summed E-state index contributed by atoms with van der Waals surface area (Å²) in [6, 6.07) is 7.43. The summed E-state index contributed by atoms with van der Waals surface area (Å²) in [5.74, 6) is 0. The fourth-order valence-electron chi connectivity index (χ4n) is 1.35. The zero-order valence-corrected chi connectivity index (χ0v) is 9.45. The van der Waals surface area contributed by atoms with Crippen LogP contribution in [0.15, 0.2) is 28.7 Å². The number of H-pyrrole nitrogens is 1. The first-order valence-corrected chi connectivity index (χ1v) is 5.21. The van der Waals surface area contributed by atoms with Crippen molar-refractivity contribution >= 4 is 21.6 Å². The minimum Gasteiger partial charge on any atom is -0.399 e. The number of hydrogen-bond acceptors (Lipinski definition) is 3. The van der Waals surface area contributed by atoms with Crippen molar-refractivity contribution in [3.05, 3.63) is 34.4 Å². The molecule has 0 bridgehead atoms. The van der Waals surface area contributed by atoms with E-state index in [1.54, 1.807) is 0 Å². The summed E-state index contributed by atoms with van der Waals surface area (Å²) in [6.45, 7) is -0.0735. The Labute approximate surface area is 95.3 Å². The standard InChI is InChI=1S/C10H10BrN3O/c11-9-8(5-15)13-14-10(9)6-2-1-3-7(12)4-6/h1-4,15H,5,12H2,(H,13,14). The maximum absolute atomic E-state index is 9.01. The SMILES string of the molecule is Nc1cccc(-c2n[nH]c(CO)c2Br)c1. The van der Waals surface area contributed by atoms with Gasteiger partial charge in [0.05, 0.1) is 16.8 Å². The smallest absolute Gasteiger partial charge is 0.107 e. The molecule has 0 fully saturated rings. The molecule has 15 heavy (non-hydrogen) atoms. The Morgan fingerprint density at radius 3 is 2.87 bits per heavy atom. The van der Waals surface area contributed by atoms with Crippen LogP contribution >= 0.6 is 15.9 Å². The number of nitrogens with zero attached hydrogens (tertiary/aromatic N) is 1. The molecule has 1 aromatic carbocycles. The average Bonchev–Trinajstić information content (AvgIpc) is 2.59. The third kappa shape index (κ3) is 1.88. The number of nitrogens with two attached hydrogens (primary N) is 1. The first-order chi connectivity index (χ1) is 7.22. The molecule has 0 aliphatic carbocycles. The molecule has 0 saturated carbocycles. The molecule has 0 unspecified atom stereocenters. The number of aromatic nitrogens is 2. The number of anilines is 1. The molecule has 5 heteroatoms. The molecular formula is C10H10BrN3O. The van der Waals surface area contributed by atoms with Gasteiger partial charge in [0.25, 0.3) is 0 Å². The fraction of sp³-hybridized carbons (Fsp3) is 0.100. The Morgan fingerprint density at radius 2 is 2.27 bits per heavy atom. The number of aliphatic hydroxyl groups is 1. The van der Waals surface area contributed by atoms with Crippen LogP contribution in [0.4, 0.5) is 5.69 Å². The topological polar surface area (TPSA) is 74.9 Å². The van der Waals surface area contributed by atoms with Gasteiger partial charge >= 0.3 is 0 Å². The van der Waals surface area contributed by atoms with Crippen LogP contribution in [0.2, 0.25) is 0 Å². The first-order valence-electron chi connectivity index (χ1n) is 4.42. The molecule has 0 saturated heterocycles. The lowest BCUT2D eigenvalue weighted by Crippen LogP contribution is -1.85. The predicted octanol–water partition coefficient (Wildman–Crippen LogP) is 1.91. The third-order valence-electron chi connectivity index (χ3n) is 2.09. The van der Waals surface area contributed by atoms with E-state index >= 15 is 0 Å². The number of nitrogen functional groups attached to an aromatic ring is 1. The van der Waals surface area contributed by atoms with Gasteiger partial charge in [0.1, 0.15) is 5.69 Å². The van der Waals surface area contributed by atoms with Gasteiger partial charge in [-0.3, -0.25) is 5.10 Å². The van der Waals surface area contributed by atoms with Gasteiger partial charge in [0.2, 0.25) is 0 Å². The predicted molar refractivity (Wildman–Crippen MR) is 62.1 cm³/mol. The van der Waals surface area contributed by atoms with Crippen molar-refractivity contribution < 1.29 is 5.11 Å². The molecule has 0 amide bonds. The van der Waals surface area contributed by atoms with E-state index in [0.717, 1.165) is 15.7 Å². The lowest BCUT2D eigenvalue weighted by atomic mass is 10.1. The normalized spacial score (nSPS) is 10.5. The molecule has 0 radical (unpaired) electrons. The van der Waals surface area contributed by atoms with Crippen molar-refractivity contribution in [3.8, 4) is 11.3 Å². The average molecular weight is 268 g/mol. The van der Waals surface area contributed by atoms with Crippen molar-refractivity contribution in [2.45, 2.75) is 6.61 Å². The third-order valence-corrected chi connectivity index (χ3v) is 2.95. The van der Waals surface area contributed by atoms with Crippen molar-refractivity contribution in [2.24, 2.45) is 0 Å². The lowest BCUT2D eigenvalue weighted by Gasteiger charge is -1.99. The van der Waals surface area contributed by atoms with Gasteiger partial charge in [-0.15, -0.1) is 0 Å². The number of aliphatic hydroxyl groups excluding tert-OH is 1. The van der Waals surface area contributed by atoms with E-state index in [0.29, 0.717) is 11.4 Å². The summed E-state index contributed by atoms with van der Waals surface area (Å²) < 4.78 is 0.774. The van der Waals surface area contributed by atoms with Gasteiger partial charge in [-0.25, -0.2) is 0 Å². The molecule has 0 aliphatic rings. The Hall–Kier alpha value is -1.33. The quantitative estimate of drug-likeness (QED) is 0.728. The number of hydrogen-bond donors (Lipinski definition) is 3. The Bertz CT molecular complexity index is 481. The second-order valence-electron chi connectivity index (χ2n) is 3.15. The minimum atomic E-state index is -0.0735. The van der Waals surface area contributed by atoms with Crippen LogP contribution in [0.25, 0.3) is 11.3 Å². The summed E-state index contributed by atoms with van der Waals surface area (Å²) in [4.78, 5) is 0. The van der Waals surface area contributed by atoms with E-state index in [4.69, 9.17) is 10.8 Å². The van der Waals surface area contributed by atoms with Crippen LogP contribution in [0.1, 0.15) is 5.69 Å². The van der Waals surface area contributed by atoms with Crippen LogP contribution in [0.5, 0.6) is 0 Å². The largest absolute Gasteiger partial charge is 0.399 e. The van der Waals surface area contributed by atoms with Gasteiger partial charge in [0, 0.05) is 11.3 Å². The van der Waals surface area contributed by atoms with E-state index in [2.05, 4.69) is 26.1 Å². The molecular weight excluding hydrogens is 258 g/mol.